The van der Waals surface area contributed by atoms with Crippen molar-refractivity contribution in [2.75, 3.05) is 44.7 Å². The SMILES string of the molecule is COc1ccc(-c2cc(=O)[nH]c(N3CCN(C/C=C/c4ccccc4)CC3)n2)cc1. The minimum Gasteiger partial charge on any atom is -0.497 e. The van der Waals surface area contributed by atoms with Gasteiger partial charge in [-0.1, -0.05) is 42.5 Å². The van der Waals surface area contributed by atoms with Gasteiger partial charge in [-0.3, -0.25) is 14.7 Å². The van der Waals surface area contributed by atoms with Crippen molar-refractivity contribution < 1.29 is 4.74 Å². The summed E-state index contributed by atoms with van der Waals surface area (Å²) in [4.78, 5) is 24.4. The molecular weight excluding hydrogens is 376 g/mol. The molecule has 2 heterocycles. The Bertz CT molecular complexity index is 1040. The number of aromatic nitrogens is 2. The summed E-state index contributed by atoms with van der Waals surface area (Å²) in [5.41, 5.74) is 2.64. The molecule has 0 radical (unpaired) electrons. The first-order valence-corrected chi connectivity index (χ1v) is 10.2. The molecule has 1 aliphatic rings. The standard InChI is InChI=1S/C24H26N4O2/c1-30-21-11-9-20(10-12-21)22-18-23(29)26-24(25-22)28-16-14-27(15-17-28)13-5-8-19-6-3-2-4-7-19/h2-12,18H,13-17H2,1H3,(H,25,26,29)/b8-5+. The van der Waals surface area contributed by atoms with Gasteiger partial charge in [0.1, 0.15) is 5.75 Å². The number of aromatic amines is 1. The topological polar surface area (TPSA) is 61.5 Å². The predicted molar refractivity (Wildman–Crippen MR) is 121 cm³/mol. The zero-order chi connectivity index (χ0) is 20.8. The van der Waals surface area contributed by atoms with Crippen LogP contribution in [0.2, 0.25) is 0 Å². The molecule has 0 bridgehead atoms. The van der Waals surface area contributed by atoms with Crippen molar-refractivity contribution in [2.45, 2.75) is 0 Å². The Morgan fingerprint density at radius 2 is 1.77 bits per heavy atom. The van der Waals surface area contributed by atoms with Crippen LogP contribution in [-0.4, -0.2) is 54.7 Å². The average molecular weight is 402 g/mol. The van der Waals surface area contributed by atoms with Gasteiger partial charge in [0.2, 0.25) is 5.95 Å². The maximum absolute atomic E-state index is 12.2. The van der Waals surface area contributed by atoms with Crippen molar-refractivity contribution in [2.24, 2.45) is 0 Å². The number of piperazine rings is 1. The van der Waals surface area contributed by atoms with Gasteiger partial charge in [0, 0.05) is 44.4 Å². The quantitative estimate of drug-likeness (QED) is 0.686. The van der Waals surface area contributed by atoms with Gasteiger partial charge in [-0.05, 0) is 29.8 Å². The lowest BCUT2D eigenvalue weighted by Crippen LogP contribution is -2.47. The molecule has 4 rings (SSSR count). The average Bonchev–Trinajstić information content (AvgIpc) is 2.80. The largest absolute Gasteiger partial charge is 0.497 e. The molecule has 0 saturated carbocycles. The molecular formula is C24H26N4O2. The summed E-state index contributed by atoms with van der Waals surface area (Å²) in [6.07, 6.45) is 4.36. The minimum atomic E-state index is -0.140. The van der Waals surface area contributed by atoms with Gasteiger partial charge in [0.15, 0.2) is 0 Å². The smallest absolute Gasteiger partial charge is 0.252 e. The summed E-state index contributed by atoms with van der Waals surface area (Å²) < 4.78 is 5.20. The van der Waals surface area contributed by atoms with Crippen molar-refractivity contribution in [3.8, 4) is 17.0 Å². The van der Waals surface area contributed by atoms with Crippen LogP contribution >= 0.6 is 0 Å². The number of anilines is 1. The molecule has 1 aliphatic heterocycles. The molecule has 30 heavy (non-hydrogen) atoms. The van der Waals surface area contributed by atoms with Crippen LogP contribution in [0.3, 0.4) is 0 Å². The number of rotatable bonds is 6. The number of nitrogens with one attached hydrogen (secondary N) is 1. The van der Waals surface area contributed by atoms with Crippen LogP contribution < -0.4 is 15.2 Å². The fourth-order valence-corrected chi connectivity index (χ4v) is 3.55. The summed E-state index contributed by atoms with van der Waals surface area (Å²) in [5.74, 6) is 1.41. The number of hydrogen-bond donors (Lipinski definition) is 1. The van der Waals surface area contributed by atoms with E-state index in [1.165, 1.54) is 11.6 Å². The summed E-state index contributed by atoms with van der Waals surface area (Å²) >= 11 is 0. The number of ether oxygens (including phenoxy) is 1. The van der Waals surface area contributed by atoms with Crippen LogP contribution in [0.5, 0.6) is 5.75 Å². The van der Waals surface area contributed by atoms with E-state index in [0.717, 1.165) is 44.0 Å². The molecule has 1 fully saturated rings. The third-order valence-electron chi connectivity index (χ3n) is 5.26. The lowest BCUT2D eigenvalue weighted by atomic mass is 10.1. The molecule has 0 atom stereocenters. The number of benzene rings is 2. The molecule has 2 aromatic carbocycles. The molecule has 1 aromatic heterocycles. The van der Waals surface area contributed by atoms with Gasteiger partial charge < -0.3 is 9.64 Å². The predicted octanol–water partition coefficient (Wildman–Crippen LogP) is 3.28. The molecule has 0 unspecified atom stereocenters. The Kier molecular flexibility index (Phi) is 6.25. The van der Waals surface area contributed by atoms with E-state index in [9.17, 15) is 4.79 Å². The van der Waals surface area contributed by atoms with Crippen molar-refractivity contribution in [1.82, 2.24) is 14.9 Å². The lowest BCUT2D eigenvalue weighted by Gasteiger charge is -2.34. The Morgan fingerprint density at radius 1 is 1.03 bits per heavy atom. The lowest BCUT2D eigenvalue weighted by molar-refractivity contribution is 0.283. The van der Waals surface area contributed by atoms with Gasteiger partial charge in [0.05, 0.1) is 12.8 Å². The van der Waals surface area contributed by atoms with Crippen molar-refractivity contribution in [3.05, 3.63) is 82.7 Å². The van der Waals surface area contributed by atoms with E-state index < -0.39 is 0 Å². The monoisotopic (exact) mass is 402 g/mol. The number of H-pyrrole nitrogens is 1. The van der Waals surface area contributed by atoms with Crippen LogP contribution in [0.1, 0.15) is 5.56 Å². The zero-order valence-corrected chi connectivity index (χ0v) is 17.1. The Balaban J connectivity index is 1.39. The fraction of sp³-hybridized carbons (Fsp3) is 0.250. The summed E-state index contributed by atoms with van der Waals surface area (Å²) in [5, 5.41) is 0. The summed E-state index contributed by atoms with van der Waals surface area (Å²) in [6.45, 7) is 4.42. The molecule has 6 nitrogen and oxygen atoms in total. The van der Waals surface area contributed by atoms with Crippen LogP contribution in [0.15, 0.2) is 71.5 Å². The Hall–Kier alpha value is -3.38. The highest BCUT2D eigenvalue weighted by molar-refractivity contribution is 5.61. The maximum Gasteiger partial charge on any atom is 0.252 e. The van der Waals surface area contributed by atoms with E-state index in [1.54, 1.807) is 7.11 Å². The third kappa shape index (κ3) is 4.96. The van der Waals surface area contributed by atoms with Crippen LogP contribution in [-0.2, 0) is 0 Å². The highest BCUT2D eigenvalue weighted by atomic mass is 16.5. The summed E-state index contributed by atoms with van der Waals surface area (Å²) in [7, 11) is 1.63. The molecule has 1 N–H and O–H groups in total. The molecule has 154 valence electrons. The molecule has 1 saturated heterocycles. The second kappa shape index (κ2) is 9.41. The minimum absolute atomic E-state index is 0.140. The van der Waals surface area contributed by atoms with Crippen LogP contribution in [0.25, 0.3) is 17.3 Å². The first-order chi connectivity index (χ1) is 14.7. The van der Waals surface area contributed by atoms with E-state index in [2.05, 4.69) is 39.1 Å². The van der Waals surface area contributed by atoms with E-state index in [0.29, 0.717) is 11.6 Å². The molecule has 6 heteroatoms. The number of methoxy groups -OCH3 is 1. The van der Waals surface area contributed by atoms with E-state index in [-0.39, 0.29) is 5.56 Å². The van der Waals surface area contributed by atoms with E-state index >= 15 is 0 Å². The molecule has 0 spiro atoms. The maximum atomic E-state index is 12.2. The van der Waals surface area contributed by atoms with Crippen LogP contribution in [0.4, 0.5) is 5.95 Å². The van der Waals surface area contributed by atoms with E-state index in [1.807, 2.05) is 42.5 Å². The number of hydrogen-bond acceptors (Lipinski definition) is 5. The third-order valence-corrected chi connectivity index (χ3v) is 5.26. The first kappa shape index (κ1) is 19.9. The molecule has 0 aliphatic carbocycles. The van der Waals surface area contributed by atoms with Crippen molar-refractivity contribution >= 4 is 12.0 Å². The first-order valence-electron chi connectivity index (χ1n) is 10.2. The van der Waals surface area contributed by atoms with Gasteiger partial charge in [0.25, 0.3) is 5.56 Å². The second-order valence-electron chi connectivity index (χ2n) is 7.28. The second-order valence-corrected chi connectivity index (χ2v) is 7.28. The summed E-state index contributed by atoms with van der Waals surface area (Å²) in [6, 6.07) is 19.5. The van der Waals surface area contributed by atoms with Gasteiger partial charge in [-0.25, -0.2) is 4.98 Å². The van der Waals surface area contributed by atoms with Crippen LogP contribution in [0, 0.1) is 0 Å². The van der Waals surface area contributed by atoms with Crippen molar-refractivity contribution in [3.63, 3.8) is 0 Å². The highest BCUT2D eigenvalue weighted by Crippen LogP contribution is 2.21. The zero-order valence-electron chi connectivity index (χ0n) is 17.1. The number of nitrogens with zero attached hydrogens (tertiary/aromatic N) is 3. The molecule has 3 aromatic rings. The normalized spacial score (nSPS) is 14.9. The van der Waals surface area contributed by atoms with Gasteiger partial charge in [-0.15, -0.1) is 0 Å². The Labute approximate surface area is 176 Å². The van der Waals surface area contributed by atoms with Gasteiger partial charge in [-0.2, -0.15) is 0 Å². The van der Waals surface area contributed by atoms with Crippen molar-refractivity contribution in [1.29, 1.82) is 0 Å². The highest BCUT2D eigenvalue weighted by Gasteiger charge is 2.18. The van der Waals surface area contributed by atoms with Gasteiger partial charge >= 0.3 is 0 Å². The Morgan fingerprint density at radius 3 is 2.47 bits per heavy atom. The fourth-order valence-electron chi connectivity index (χ4n) is 3.55. The molecule has 0 amide bonds. The van der Waals surface area contributed by atoms with E-state index in [4.69, 9.17) is 9.72 Å².